The van der Waals surface area contributed by atoms with Crippen LogP contribution in [0.4, 0.5) is 23.1 Å². The van der Waals surface area contributed by atoms with Gasteiger partial charge in [0.1, 0.15) is 10.3 Å². The van der Waals surface area contributed by atoms with Gasteiger partial charge in [-0.2, -0.15) is 13.2 Å². The van der Waals surface area contributed by atoms with E-state index in [-0.39, 0.29) is 17.6 Å². The van der Waals surface area contributed by atoms with E-state index in [1.807, 2.05) is 4.90 Å². The minimum absolute atomic E-state index is 0.200. The molecule has 1 N–H and O–H groups in total. The number of fused-ring (bicyclic) bond motifs is 1. The van der Waals surface area contributed by atoms with E-state index < -0.39 is 17.8 Å². The van der Waals surface area contributed by atoms with Crippen molar-refractivity contribution in [2.24, 2.45) is 0 Å². The number of piperazine rings is 1. The molecule has 1 fully saturated rings. The van der Waals surface area contributed by atoms with Gasteiger partial charge in [-0.1, -0.05) is 11.3 Å². The number of amides is 1. The highest BCUT2D eigenvalue weighted by Crippen LogP contribution is 2.34. The van der Waals surface area contributed by atoms with E-state index in [9.17, 15) is 23.1 Å². The summed E-state index contributed by atoms with van der Waals surface area (Å²) in [5, 5.41) is 9.79. The number of hydrogen-bond acceptors (Lipinski definition) is 5. The fraction of sp³-hybridized carbons (Fsp3) is 0.500. The van der Waals surface area contributed by atoms with Gasteiger partial charge in [-0.3, -0.25) is 4.90 Å². The second-order valence-corrected chi connectivity index (χ2v) is 6.79. The third-order valence-corrected chi connectivity index (χ3v) is 5.01. The fourth-order valence-electron chi connectivity index (χ4n) is 2.96. The van der Waals surface area contributed by atoms with Crippen LogP contribution < -0.4 is 4.90 Å². The van der Waals surface area contributed by atoms with Crippen LogP contribution in [-0.4, -0.2) is 51.2 Å². The van der Waals surface area contributed by atoms with E-state index in [0.29, 0.717) is 23.1 Å². The molecule has 1 amide bonds. The molecule has 0 aromatic carbocycles. The average Bonchev–Trinajstić information content (AvgIpc) is 2.87. The zero-order chi connectivity index (χ0) is 17.6. The molecule has 2 aromatic heterocycles. The molecule has 0 bridgehead atoms. The summed E-state index contributed by atoms with van der Waals surface area (Å²) in [6.07, 6.45) is -4.63. The van der Waals surface area contributed by atoms with Gasteiger partial charge >= 0.3 is 12.3 Å². The maximum Gasteiger partial charge on any atom is 0.417 e. The van der Waals surface area contributed by atoms with E-state index >= 15 is 0 Å². The molecule has 0 aliphatic carbocycles. The quantitative estimate of drug-likeness (QED) is 0.845. The predicted molar refractivity (Wildman–Crippen MR) is 83.4 cm³/mol. The molecule has 3 rings (SSSR count). The maximum absolute atomic E-state index is 12.8. The minimum atomic E-state index is -4.46. The van der Waals surface area contributed by atoms with Gasteiger partial charge in [0.05, 0.1) is 17.6 Å². The van der Waals surface area contributed by atoms with Gasteiger partial charge in [0.2, 0.25) is 0 Å². The largest absolute Gasteiger partial charge is 0.465 e. The normalized spacial score (nSPS) is 22.2. The fourth-order valence-corrected chi connectivity index (χ4v) is 3.87. The van der Waals surface area contributed by atoms with Crippen molar-refractivity contribution >= 4 is 32.9 Å². The Bertz CT molecular complexity index is 767. The minimum Gasteiger partial charge on any atom is -0.465 e. The van der Waals surface area contributed by atoms with Crippen molar-refractivity contribution in [3.63, 3.8) is 0 Å². The molecule has 10 heteroatoms. The lowest BCUT2D eigenvalue weighted by molar-refractivity contribution is -0.137. The molecule has 1 aliphatic heterocycles. The zero-order valence-corrected chi connectivity index (χ0v) is 13.7. The van der Waals surface area contributed by atoms with Crippen LogP contribution in [0.3, 0.4) is 0 Å². The first-order valence-corrected chi connectivity index (χ1v) is 8.08. The number of alkyl halides is 3. The predicted octanol–water partition coefficient (Wildman–Crippen LogP) is 3.29. The van der Waals surface area contributed by atoms with Crippen molar-refractivity contribution < 1.29 is 23.1 Å². The molecule has 3 heterocycles. The number of aromatic nitrogens is 2. The summed E-state index contributed by atoms with van der Waals surface area (Å²) in [6.45, 7) is 4.46. The number of carbonyl (C=O) groups is 1. The molecule has 0 saturated carbocycles. The molecule has 0 unspecified atom stereocenters. The van der Waals surface area contributed by atoms with Crippen LogP contribution in [0, 0.1) is 0 Å². The van der Waals surface area contributed by atoms with Crippen LogP contribution in [0.5, 0.6) is 0 Å². The Labute approximate surface area is 139 Å². The summed E-state index contributed by atoms with van der Waals surface area (Å²) in [5.74, 6) is 0. The Hall–Kier alpha value is -2.10. The van der Waals surface area contributed by atoms with Gasteiger partial charge in [-0.05, 0) is 19.9 Å². The third-order valence-electron chi connectivity index (χ3n) is 3.97. The highest BCUT2D eigenvalue weighted by molar-refractivity contribution is 7.21. The topological polar surface area (TPSA) is 69.6 Å². The van der Waals surface area contributed by atoms with Crippen molar-refractivity contribution in [1.29, 1.82) is 0 Å². The summed E-state index contributed by atoms with van der Waals surface area (Å²) in [6, 6.07) is 0.511. The van der Waals surface area contributed by atoms with Crippen LogP contribution in [0.1, 0.15) is 19.4 Å². The number of carboxylic acid groups (broad SMARTS) is 1. The lowest BCUT2D eigenvalue weighted by Crippen LogP contribution is -2.58. The Kier molecular flexibility index (Phi) is 4.02. The van der Waals surface area contributed by atoms with Crippen LogP contribution >= 0.6 is 11.3 Å². The second-order valence-electron chi connectivity index (χ2n) is 5.84. The van der Waals surface area contributed by atoms with Crippen molar-refractivity contribution in [1.82, 2.24) is 14.9 Å². The summed E-state index contributed by atoms with van der Waals surface area (Å²) in [4.78, 5) is 23.1. The van der Waals surface area contributed by atoms with Gasteiger partial charge in [-0.15, -0.1) is 0 Å². The number of nitrogens with zero attached hydrogens (tertiary/aromatic N) is 4. The van der Waals surface area contributed by atoms with Crippen LogP contribution in [0.15, 0.2) is 12.3 Å². The Morgan fingerprint density at radius 3 is 2.50 bits per heavy atom. The Balaban J connectivity index is 1.89. The number of thiazole rings is 1. The van der Waals surface area contributed by atoms with Gasteiger partial charge in [0, 0.05) is 19.3 Å². The van der Waals surface area contributed by atoms with Crippen LogP contribution in [0.2, 0.25) is 0 Å². The molecule has 1 saturated heterocycles. The lowest BCUT2D eigenvalue weighted by Gasteiger charge is -2.42. The number of rotatable bonds is 1. The lowest BCUT2D eigenvalue weighted by atomic mass is 10.1. The first-order chi connectivity index (χ1) is 11.2. The van der Waals surface area contributed by atoms with Crippen LogP contribution in [0.25, 0.3) is 10.3 Å². The molecule has 2 aromatic rings. The van der Waals surface area contributed by atoms with Crippen molar-refractivity contribution in [2.75, 3.05) is 18.0 Å². The maximum atomic E-state index is 12.8. The van der Waals surface area contributed by atoms with Gasteiger partial charge in [0.15, 0.2) is 5.13 Å². The highest BCUT2D eigenvalue weighted by atomic mass is 32.1. The Morgan fingerprint density at radius 2 is 1.96 bits per heavy atom. The van der Waals surface area contributed by atoms with E-state index in [1.165, 1.54) is 16.2 Å². The Morgan fingerprint density at radius 1 is 1.33 bits per heavy atom. The molecule has 6 nitrogen and oxygen atoms in total. The third kappa shape index (κ3) is 2.97. The van der Waals surface area contributed by atoms with Crippen LogP contribution in [-0.2, 0) is 6.18 Å². The number of halogens is 3. The van der Waals surface area contributed by atoms with E-state index in [2.05, 4.69) is 9.97 Å². The average molecular weight is 360 g/mol. The van der Waals surface area contributed by atoms with Crippen molar-refractivity contribution in [2.45, 2.75) is 32.1 Å². The molecular formula is C14H15F3N4O2S. The first-order valence-electron chi connectivity index (χ1n) is 7.27. The number of anilines is 1. The SMILES string of the molecule is C[C@@H]1CN(c2nc3cc(C(F)(F)F)cnc3s2)C[C@@H](C)N1C(=O)O. The molecule has 24 heavy (non-hydrogen) atoms. The van der Waals surface area contributed by atoms with E-state index in [1.54, 1.807) is 13.8 Å². The summed E-state index contributed by atoms with van der Waals surface area (Å²) in [7, 11) is 0. The number of hydrogen-bond donors (Lipinski definition) is 1. The van der Waals surface area contributed by atoms with Gasteiger partial charge in [0.25, 0.3) is 0 Å². The molecule has 1 aliphatic rings. The zero-order valence-electron chi connectivity index (χ0n) is 12.9. The first kappa shape index (κ1) is 16.7. The summed E-state index contributed by atoms with van der Waals surface area (Å²) in [5.41, 5.74) is -0.630. The standard InChI is InChI=1S/C14H15F3N4O2S/c1-7-5-20(6-8(2)21(7)13(22)23)12-19-10-3-9(14(15,16)17)4-18-11(10)24-12/h3-4,7-8H,5-6H2,1-2H3,(H,22,23)/t7-,8-/m1/s1. The molecule has 0 radical (unpaired) electrons. The molecular weight excluding hydrogens is 345 g/mol. The van der Waals surface area contributed by atoms with E-state index in [0.717, 1.165) is 12.3 Å². The van der Waals surface area contributed by atoms with Gasteiger partial charge in [-0.25, -0.2) is 14.8 Å². The van der Waals surface area contributed by atoms with Gasteiger partial charge < -0.3 is 10.0 Å². The summed E-state index contributed by atoms with van der Waals surface area (Å²) < 4.78 is 38.3. The second kappa shape index (κ2) is 5.76. The van der Waals surface area contributed by atoms with Crippen molar-refractivity contribution in [3.8, 4) is 0 Å². The molecule has 130 valence electrons. The smallest absolute Gasteiger partial charge is 0.417 e. The highest BCUT2D eigenvalue weighted by Gasteiger charge is 2.35. The molecule has 0 spiro atoms. The van der Waals surface area contributed by atoms with E-state index in [4.69, 9.17) is 0 Å². The number of pyridine rings is 1. The van der Waals surface area contributed by atoms with Crippen molar-refractivity contribution in [3.05, 3.63) is 17.8 Å². The summed E-state index contributed by atoms with van der Waals surface area (Å²) >= 11 is 1.21. The molecule has 2 atom stereocenters. The monoisotopic (exact) mass is 360 g/mol.